The van der Waals surface area contributed by atoms with E-state index in [1.807, 2.05) is 0 Å². The fourth-order valence-corrected chi connectivity index (χ4v) is 4.23. The molecule has 2 heterocycles. The standard InChI is InChI=1S/C14H17N5S/c1-2-9-3-4-10(6-15)11(5-9)20-14-12-13(17-7-16-12)18-8-19-14/h7-11H,2-5H2,1H3,(H,16,17,18,19). The fraction of sp³-hybridized carbons (Fsp3) is 0.571. The molecule has 0 aromatic carbocycles. The van der Waals surface area contributed by atoms with Gasteiger partial charge in [-0.25, -0.2) is 15.0 Å². The van der Waals surface area contributed by atoms with Crippen LogP contribution in [0.1, 0.15) is 32.6 Å². The molecule has 104 valence electrons. The number of thioether (sulfide) groups is 1. The Labute approximate surface area is 122 Å². The lowest BCUT2D eigenvalue weighted by molar-refractivity contribution is 0.317. The molecule has 0 bridgehead atoms. The molecule has 1 aliphatic rings. The van der Waals surface area contributed by atoms with Crippen LogP contribution in [-0.4, -0.2) is 25.2 Å². The number of nitrogens with zero attached hydrogens (tertiary/aromatic N) is 4. The number of fused-ring (bicyclic) bond motifs is 1. The van der Waals surface area contributed by atoms with Crippen molar-refractivity contribution >= 4 is 22.9 Å². The van der Waals surface area contributed by atoms with Gasteiger partial charge in [0.1, 0.15) is 16.9 Å². The average molecular weight is 287 g/mol. The molecular formula is C14H17N5S. The topological polar surface area (TPSA) is 78.2 Å². The lowest BCUT2D eigenvalue weighted by Gasteiger charge is -2.31. The normalized spacial score (nSPS) is 26.5. The second-order valence-electron chi connectivity index (χ2n) is 5.26. The molecule has 6 heteroatoms. The Morgan fingerprint density at radius 3 is 3.10 bits per heavy atom. The highest BCUT2D eigenvalue weighted by atomic mass is 32.2. The molecule has 0 radical (unpaired) electrons. The highest BCUT2D eigenvalue weighted by Crippen LogP contribution is 2.41. The van der Waals surface area contributed by atoms with Crippen LogP contribution in [0.25, 0.3) is 11.2 Å². The maximum absolute atomic E-state index is 9.36. The lowest BCUT2D eigenvalue weighted by Crippen LogP contribution is -2.26. The molecule has 1 fully saturated rings. The van der Waals surface area contributed by atoms with Gasteiger partial charge in [-0.1, -0.05) is 25.1 Å². The number of imidazole rings is 1. The number of nitriles is 1. The van der Waals surface area contributed by atoms with Gasteiger partial charge in [0.05, 0.1) is 18.3 Å². The zero-order valence-electron chi connectivity index (χ0n) is 11.4. The molecule has 3 atom stereocenters. The van der Waals surface area contributed by atoms with Crippen molar-refractivity contribution in [1.29, 1.82) is 5.26 Å². The first kappa shape index (κ1) is 13.4. The van der Waals surface area contributed by atoms with Crippen molar-refractivity contribution in [2.45, 2.75) is 42.9 Å². The Kier molecular flexibility index (Phi) is 3.88. The summed E-state index contributed by atoms with van der Waals surface area (Å²) in [6.45, 7) is 2.23. The summed E-state index contributed by atoms with van der Waals surface area (Å²) in [5.41, 5.74) is 1.58. The lowest BCUT2D eigenvalue weighted by atomic mass is 9.81. The SMILES string of the molecule is CCC1CCC(C#N)C(Sc2ncnc3nc[nH]c23)C1. The first-order chi connectivity index (χ1) is 9.81. The van der Waals surface area contributed by atoms with E-state index in [4.69, 9.17) is 0 Å². The number of aromatic amines is 1. The van der Waals surface area contributed by atoms with Crippen LogP contribution in [0, 0.1) is 23.2 Å². The third-order valence-electron chi connectivity index (χ3n) is 4.09. The van der Waals surface area contributed by atoms with Crippen molar-refractivity contribution in [2.24, 2.45) is 11.8 Å². The molecule has 3 unspecified atom stereocenters. The summed E-state index contributed by atoms with van der Waals surface area (Å²) < 4.78 is 0. The van der Waals surface area contributed by atoms with Crippen molar-refractivity contribution in [3.63, 3.8) is 0 Å². The molecule has 5 nitrogen and oxygen atoms in total. The van der Waals surface area contributed by atoms with E-state index in [9.17, 15) is 5.26 Å². The van der Waals surface area contributed by atoms with Gasteiger partial charge in [0.2, 0.25) is 0 Å². The minimum atomic E-state index is 0.121. The van der Waals surface area contributed by atoms with E-state index in [1.165, 1.54) is 12.8 Å². The van der Waals surface area contributed by atoms with Gasteiger partial charge in [-0.05, 0) is 25.2 Å². The Bertz CT molecular complexity index is 632. The molecule has 2 aromatic rings. The largest absolute Gasteiger partial charge is 0.341 e. The van der Waals surface area contributed by atoms with E-state index < -0.39 is 0 Å². The summed E-state index contributed by atoms with van der Waals surface area (Å²) in [5.74, 6) is 0.854. The van der Waals surface area contributed by atoms with Crippen LogP contribution >= 0.6 is 11.8 Å². The van der Waals surface area contributed by atoms with E-state index in [0.29, 0.717) is 10.9 Å². The van der Waals surface area contributed by atoms with Gasteiger partial charge in [0.15, 0.2) is 5.65 Å². The van der Waals surface area contributed by atoms with Gasteiger partial charge in [0.25, 0.3) is 0 Å². The predicted octanol–water partition coefficient (Wildman–Crippen LogP) is 3.16. The van der Waals surface area contributed by atoms with E-state index in [-0.39, 0.29) is 5.92 Å². The molecule has 1 saturated carbocycles. The van der Waals surface area contributed by atoms with Crippen molar-refractivity contribution < 1.29 is 0 Å². The maximum Gasteiger partial charge on any atom is 0.181 e. The summed E-state index contributed by atoms with van der Waals surface area (Å²) >= 11 is 1.71. The maximum atomic E-state index is 9.36. The van der Waals surface area contributed by atoms with Crippen molar-refractivity contribution in [2.75, 3.05) is 0 Å². The number of nitrogens with one attached hydrogen (secondary N) is 1. The van der Waals surface area contributed by atoms with Gasteiger partial charge in [-0.3, -0.25) is 0 Å². The number of H-pyrrole nitrogens is 1. The minimum Gasteiger partial charge on any atom is -0.341 e. The van der Waals surface area contributed by atoms with Crippen molar-refractivity contribution in [3.05, 3.63) is 12.7 Å². The smallest absolute Gasteiger partial charge is 0.181 e. The van der Waals surface area contributed by atoms with Crippen molar-refractivity contribution in [1.82, 2.24) is 19.9 Å². The number of hydrogen-bond acceptors (Lipinski definition) is 5. The number of rotatable bonds is 3. The molecular weight excluding hydrogens is 270 g/mol. The molecule has 20 heavy (non-hydrogen) atoms. The number of hydrogen-bond donors (Lipinski definition) is 1. The monoisotopic (exact) mass is 287 g/mol. The molecule has 3 rings (SSSR count). The molecule has 0 spiro atoms. The van der Waals surface area contributed by atoms with Crippen LogP contribution in [0.2, 0.25) is 0 Å². The van der Waals surface area contributed by atoms with E-state index in [1.54, 1.807) is 24.4 Å². The van der Waals surface area contributed by atoms with E-state index >= 15 is 0 Å². The first-order valence-electron chi connectivity index (χ1n) is 7.02. The Morgan fingerprint density at radius 2 is 2.30 bits per heavy atom. The average Bonchev–Trinajstić information content (AvgIpc) is 2.96. The molecule has 1 N–H and O–H groups in total. The molecule has 1 aliphatic carbocycles. The Hall–Kier alpha value is -1.61. The van der Waals surface area contributed by atoms with Crippen LogP contribution in [0.4, 0.5) is 0 Å². The zero-order chi connectivity index (χ0) is 13.9. The molecule has 0 aliphatic heterocycles. The Balaban J connectivity index is 1.84. The first-order valence-corrected chi connectivity index (χ1v) is 7.90. The zero-order valence-corrected chi connectivity index (χ0v) is 12.2. The summed E-state index contributed by atoms with van der Waals surface area (Å²) in [6, 6.07) is 2.47. The van der Waals surface area contributed by atoms with Gasteiger partial charge in [0, 0.05) is 5.25 Å². The number of aromatic nitrogens is 4. The third-order valence-corrected chi connectivity index (χ3v) is 5.45. The minimum absolute atomic E-state index is 0.121. The predicted molar refractivity (Wildman–Crippen MR) is 78.1 cm³/mol. The second-order valence-corrected chi connectivity index (χ2v) is 6.49. The highest BCUT2D eigenvalue weighted by Gasteiger charge is 2.31. The van der Waals surface area contributed by atoms with Crippen LogP contribution < -0.4 is 0 Å². The van der Waals surface area contributed by atoms with E-state index in [2.05, 4.69) is 32.9 Å². The third kappa shape index (κ3) is 2.50. The van der Waals surface area contributed by atoms with Crippen LogP contribution in [0.5, 0.6) is 0 Å². The second kappa shape index (κ2) is 5.80. The summed E-state index contributed by atoms with van der Waals surface area (Å²) in [7, 11) is 0. The van der Waals surface area contributed by atoms with Gasteiger partial charge in [-0.15, -0.1) is 0 Å². The molecule has 2 aromatic heterocycles. The summed E-state index contributed by atoms with van der Waals surface area (Å²) in [4.78, 5) is 15.8. The van der Waals surface area contributed by atoms with Crippen LogP contribution in [-0.2, 0) is 0 Å². The van der Waals surface area contributed by atoms with Crippen LogP contribution in [0.15, 0.2) is 17.7 Å². The van der Waals surface area contributed by atoms with Gasteiger partial charge in [-0.2, -0.15) is 5.26 Å². The summed E-state index contributed by atoms with van der Waals surface area (Å²) in [5, 5.41) is 10.6. The quantitative estimate of drug-likeness (QED) is 0.877. The van der Waals surface area contributed by atoms with Crippen LogP contribution in [0.3, 0.4) is 0 Å². The van der Waals surface area contributed by atoms with Gasteiger partial charge < -0.3 is 4.98 Å². The summed E-state index contributed by atoms with van der Waals surface area (Å²) in [6.07, 6.45) is 7.66. The van der Waals surface area contributed by atoms with Gasteiger partial charge >= 0.3 is 0 Å². The fourth-order valence-electron chi connectivity index (χ4n) is 2.84. The van der Waals surface area contributed by atoms with Crippen molar-refractivity contribution in [3.8, 4) is 6.07 Å². The Morgan fingerprint density at radius 1 is 1.40 bits per heavy atom. The highest BCUT2D eigenvalue weighted by molar-refractivity contribution is 8.00. The molecule has 0 saturated heterocycles. The van der Waals surface area contributed by atoms with E-state index in [0.717, 1.165) is 29.3 Å². The molecule has 0 amide bonds.